The van der Waals surface area contributed by atoms with Crippen LogP contribution in [0, 0.1) is 5.92 Å². The van der Waals surface area contributed by atoms with Gasteiger partial charge in [-0.3, -0.25) is 4.90 Å². The highest BCUT2D eigenvalue weighted by atomic mass is 32.1. The van der Waals surface area contributed by atoms with Crippen LogP contribution in [0.1, 0.15) is 18.4 Å². The highest BCUT2D eigenvalue weighted by Gasteiger charge is 2.19. The quantitative estimate of drug-likeness (QED) is 0.781. The number of thiocarbonyl (C=S) groups is 1. The topological polar surface area (TPSA) is 47.7 Å². The Balaban J connectivity index is 1.72. The molecule has 21 heavy (non-hydrogen) atoms. The number of methoxy groups -OCH3 is 1. The second-order valence-corrected chi connectivity index (χ2v) is 5.94. The molecule has 116 valence electrons. The van der Waals surface area contributed by atoms with Crippen LogP contribution < -0.4 is 10.5 Å². The van der Waals surface area contributed by atoms with Crippen molar-refractivity contribution < 1.29 is 9.47 Å². The molecule has 1 aromatic rings. The number of nitrogens with two attached hydrogens (primary N) is 1. The van der Waals surface area contributed by atoms with Crippen molar-refractivity contribution in [3.63, 3.8) is 0 Å². The van der Waals surface area contributed by atoms with Crippen LogP contribution in [0.25, 0.3) is 0 Å². The SMILES string of the molecule is COCC1CCCN(CCOc2ccc(C(N)=S)cc2)C1. The van der Waals surface area contributed by atoms with Crippen LogP contribution in [0.4, 0.5) is 0 Å². The van der Waals surface area contributed by atoms with Gasteiger partial charge in [0.2, 0.25) is 0 Å². The monoisotopic (exact) mass is 308 g/mol. The van der Waals surface area contributed by atoms with Crippen LogP contribution in [-0.4, -0.2) is 49.8 Å². The van der Waals surface area contributed by atoms with Gasteiger partial charge in [0.15, 0.2) is 0 Å². The molecule has 1 saturated heterocycles. The Labute approximate surface area is 132 Å². The Morgan fingerprint density at radius 3 is 2.81 bits per heavy atom. The summed E-state index contributed by atoms with van der Waals surface area (Å²) < 4.78 is 11.0. The van der Waals surface area contributed by atoms with Crippen LogP contribution in [0.5, 0.6) is 5.75 Å². The number of hydrogen-bond donors (Lipinski definition) is 1. The van der Waals surface area contributed by atoms with Gasteiger partial charge in [0.1, 0.15) is 17.3 Å². The summed E-state index contributed by atoms with van der Waals surface area (Å²) in [6, 6.07) is 7.62. The van der Waals surface area contributed by atoms with Crippen molar-refractivity contribution >= 4 is 17.2 Å². The van der Waals surface area contributed by atoms with E-state index in [1.54, 1.807) is 7.11 Å². The average Bonchev–Trinajstić information content (AvgIpc) is 2.48. The molecule has 2 rings (SSSR count). The van der Waals surface area contributed by atoms with Gasteiger partial charge in [-0.1, -0.05) is 12.2 Å². The first-order chi connectivity index (χ1) is 10.2. The normalized spacial score (nSPS) is 19.4. The molecule has 5 heteroatoms. The van der Waals surface area contributed by atoms with Crippen LogP contribution in [0.15, 0.2) is 24.3 Å². The second-order valence-electron chi connectivity index (χ2n) is 5.50. The van der Waals surface area contributed by atoms with E-state index in [9.17, 15) is 0 Å². The third-order valence-corrected chi connectivity index (χ3v) is 4.06. The summed E-state index contributed by atoms with van der Waals surface area (Å²) in [5.74, 6) is 1.52. The minimum atomic E-state index is 0.416. The minimum absolute atomic E-state index is 0.416. The summed E-state index contributed by atoms with van der Waals surface area (Å²) in [6.45, 7) is 4.78. The van der Waals surface area contributed by atoms with Crippen LogP contribution in [0.3, 0.4) is 0 Å². The van der Waals surface area contributed by atoms with Crippen molar-refractivity contribution in [2.75, 3.05) is 40.0 Å². The number of ether oxygens (including phenoxy) is 2. The van der Waals surface area contributed by atoms with Crippen molar-refractivity contribution in [3.05, 3.63) is 29.8 Å². The summed E-state index contributed by atoms with van der Waals surface area (Å²) in [4.78, 5) is 2.87. The lowest BCUT2D eigenvalue weighted by Crippen LogP contribution is -2.39. The van der Waals surface area contributed by atoms with E-state index in [1.165, 1.54) is 12.8 Å². The summed E-state index contributed by atoms with van der Waals surface area (Å²) >= 11 is 4.93. The maximum Gasteiger partial charge on any atom is 0.119 e. The van der Waals surface area contributed by atoms with E-state index in [2.05, 4.69) is 4.90 Å². The molecule has 1 aliphatic heterocycles. The Kier molecular flexibility index (Phi) is 6.42. The zero-order valence-corrected chi connectivity index (χ0v) is 13.4. The fourth-order valence-electron chi connectivity index (χ4n) is 2.73. The molecule has 0 saturated carbocycles. The predicted molar refractivity (Wildman–Crippen MR) is 88.9 cm³/mol. The molecule has 0 spiro atoms. The number of likely N-dealkylation sites (tertiary alicyclic amines) is 1. The molecule has 0 radical (unpaired) electrons. The second kappa shape index (κ2) is 8.32. The van der Waals surface area contributed by atoms with Crippen LogP contribution >= 0.6 is 12.2 Å². The maximum atomic E-state index is 5.78. The van der Waals surface area contributed by atoms with Gasteiger partial charge in [-0.05, 0) is 49.6 Å². The van der Waals surface area contributed by atoms with Gasteiger partial charge in [0, 0.05) is 25.8 Å². The van der Waals surface area contributed by atoms with Crippen LogP contribution in [-0.2, 0) is 4.74 Å². The molecule has 1 unspecified atom stereocenters. The summed E-state index contributed by atoms with van der Waals surface area (Å²) in [5.41, 5.74) is 6.44. The predicted octanol–water partition coefficient (Wildman–Crippen LogP) is 2.06. The van der Waals surface area contributed by atoms with Crippen molar-refractivity contribution in [3.8, 4) is 5.75 Å². The Morgan fingerprint density at radius 2 is 2.14 bits per heavy atom. The van der Waals surface area contributed by atoms with E-state index >= 15 is 0 Å². The van der Waals surface area contributed by atoms with Crippen molar-refractivity contribution in [1.29, 1.82) is 0 Å². The summed E-state index contributed by atoms with van der Waals surface area (Å²) in [5, 5.41) is 0. The molecular formula is C16H24N2O2S. The van der Waals surface area contributed by atoms with Gasteiger partial charge in [-0.25, -0.2) is 0 Å². The molecule has 1 heterocycles. The lowest BCUT2D eigenvalue weighted by molar-refractivity contribution is 0.0832. The van der Waals surface area contributed by atoms with Gasteiger partial charge < -0.3 is 15.2 Å². The van der Waals surface area contributed by atoms with Gasteiger partial charge in [-0.2, -0.15) is 0 Å². The Bertz CT molecular complexity index is 448. The maximum absolute atomic E-state index is 5.78. The molecule has 1 aliphatic rings. The van der Waals surface area contributed by atoms with Crippen molar-refractivity contribution in [2.24, 2.45) is 11.7 Å². The lowest BCUT2D eigenvalue weighted by atomic mass is 9.99. The van der Waals surface area contributed by atoms with E-state index in [-0.39, 0.29) is 0 Å². The van der Waals surface area contributed by atoms with E-state index < -0.39 is 0 Å². The van der Waals surface area contributed by atoms with Gasteiger partial charge >= 0.3 is 0 Å². The lowest BCUT2D eigenvalue weighted by Gasteiger charge is -2.32. The Hall–Kier alpha value is -1.17. The first kappa shape index (κ1) is 16.2. The van der Waals surface area contributed by atoms with E-state index in [1.807, 2.05) is 24.3 Å². The summed E-state index contributed by atoms with van der Waals surface area (Å²) in [6.07, 6.45) is 2.52. The highest BCUT2D eigenvalue weighted by Crippen LogP contribution is 2.17. The average molecular weight is 308 g/mol. The summed E-state index contributed by atoms with van der Waals surface area (Å²) in [7, 11) is 1.78. The minimum Gasteiger partial charge on any atom is -0.492 e. The number of nitrogens with zero attached hydrogens (tertiary/aromatic N) is 1. The number of benzene rings is 1. The highest BCUT2D eigenvalue weighted by molar-refractivity contribution is 7.80. The number of hydrogen-bond acceptors (Lipinski definition) is 4. The number of piperidine rings is 1. The van der Waals surface area contributed by atoms with E-state index in [0.717, 1.165) is 37.6 Å². The molecule has 4 nitrogen and oxygen atoms in total. The molecule has 1 aromatic carbocycles. The largest absolute Gasteiger partial charge is 0.492 e. The third kappa shape index (κ3) is 5.26. The molecule has 2 N–H and O–H groups in total. The van der Waals surface area contributed by atoms with Crippen molar-refractivity contribution in [1.82, 2.24) is 4.90 Å². The van der Waals surface area contributed by atoms with Gasteiger partial charge in [-0.15, -0.1) is 0 Å². The smallest absolute Gasteiger partial charge is 0.119 e. The fraction of sp³-hybridized carbons (Fsp3) is 0.562. The zero-order chi connectivity index (χ0) is 15.1. The molecule has 1 fully saturated rings. The number of rotatable bonds is 7. The molecule has 0 aliphatic carbocycles. The fourth-order valence-corrected chi connectivity index (χ4v) is 2.87. The van der Waals surface area contributed by atoms with Crippen molar-refractivity contribution in [2.45, 2.75) is 12.8 Å². The molecule has 1 atom stereocenters. The first-order valence-corrected chi connectivity index (χ1v) is 7.84. The molecular weight excluding hydrogens is 284 g/mol. The van der Waals surface area contributed by atoms with E-state index in [0.29, 0.717) is 17.5 Å². The van der Waals surface area contributed by atoms with Gasteiger partial charge in [0.25, 0.3) is 0 Å². The van der Waals surface area contributed by atoms with E-state index in [4.69, 9.17) is 27.4 Å². The molecule has 0 bridgehead atoms. The molecule has 0 amide bonds. The van der Waals surface area contributed by atoms with Crippen LogP contribution in [0.2, 0.25) is 0 Å². The zero-order valence-electron chi connectivity index (χ0n) is 12.6. The third-order valence-electron chi connectivity index (χ3n) is 3.82. The molecule has 0 aromatic heterocycles. The van der Waals surface area contributed by atoms with Gasteiger partial charge in [0.05, 0.1) is 6.61 Å². The Morgan fingerprint density at radius 1 is 1.38 bits per heavy atom. The first-order valence-electron chi connectivity index (χ1n) is 7.43. The standard InChI is InChI=1S/C16H24N2O2S/c1-19-12-13-3-2-8-18(11-13)9-10-20-15-6-4-14(5-7-15)16(17)21/h4-7,13H,2-3,8-12H2,1H3,(H2,17,21).